The zero-order chi connectivity index (χ0) is 19.0. The van der Waals surface area contributed by atoms with Crippen LogP contribution in [0.5, 0.6) is 0 Å². The van der Waals surface area contributed by atoms with Gasteiger partial charge in [0.05, 0.1) is 0 Å². The molecule has 0 saturated carbocycles. The van der Waals surface area contributed by atoms with Gasteiger partial charge >= 0.3 is 0 Å². The summed E-state index contributed by atoms with van der Waals surface area (Å²) in [6.45, 7) is 5.44. The van der Waals surface area contributed by atoms with Crippen LogP contribution in [-0.2, 0) is 19.3 Å². The maximum atomic E-state index is 7.01. The van der Waals surface area contributed by atoms with Crippen LogP contribution >= 0.6 is 31.9 Å². The second kappa shape index (κ2) is 7.96. The summed E-state index contributed by atoms with van der Waals surface area (Å²) in [5.74, 6) is 0. The van der Waals surface area contributed by atoms with Crippen LogP contribution in [0, 0.1) is 0 Å². The van der Waals surface area contributed by atoms with Crippen molar-refractivity contribution in [1.82, 2.24) is 10.2 Å². The third-order valence-electron chi connectivity index (χ3n) is 6.18. The van der Waals surface area contributed by atoms with E-state index in [1.165, 1.54) is 16.7 Å². The van der Waals surface area contributed by atoms with Crippen LogP contribution in [0.15, 0.2) is 51.4 Å². The summed E-state index contributed by atoms with van der Waals surface area (Å²) >= 11 is 7.24. The number of hydrogen-bond acceptors (Lipinski definition) is 3. The van der Waals surface area contributed by atoms with E-state index >= 15 is 0 Å². The van der Waals surface area contributed by atoms with Crippen LogP contribution in [0.3, 0.4) is 0 Å². The predicted molar refractivity (Wildman–Crippen MR) is 119 cm³/mol. The number of piperazine rings is 1. The van der Waals surface area contributed by atoms with Gasteiger partial charge in [0.25, 0.3) is 0 Å². The summed E-state index contributed by atoms with van der Waals surface area (Å²) in [5, 5.41) is 3.58. The molecule has 1 heterocycles. The fraction of sp³-hybridized carbons (Fsp3) is 0.455. The van der Waals surface area contributed by atoms with Gasteiger partial charge in [0, 0.05) is 46.2 Å². The molecule has 2 aromatic rings. The number of fused-ring (bicyclic) bond motifs is 1. The van der Waals surface area contributed by atoms with Crippen LogP contribution in [-0.4, -0.2) is 42.2 Å². The molecule has 0 bridgehead atoms. The van der Waals surface area contributed by atoms with Crippen molar-refractivity contribution in [3.63, 3.8) is 0 Å². The summed E-state index contributed by atoms with van der Waals surface area (Å²) in [4.78, 5) is 2.67. The molecule has 0 amide bonds. The first-order valence-electron chi connectivity index (χ1n) is 9.72. The van der Waals surface area contributed by atoms with Gasteiger partial charge in [-0.15, -0.1) is 0 Å². The van der Waals surface area contributed by atoms with Crippen molar-refractivity contribution in [2.45, 2.75) is 43.8 Å². The normalized spacial score (nSPS) is 23.2. The number of rotatable bonds is 4. The van der Waals surface area contributed by atoms with E-state index in [4.69, 9.17) is 5.73 Å². The summed E-state index contributed by atoms with van der Waals surface area (Å²) in [5.41, 5.74) is 11.2. The Labute approximate surface area is 179 Å². The van der Waals surface area contributed by atoms with Crippen LogP contribution in [0.2, 0.25) is 0 Å². The largest absolute Gasteiger partial charge is 0.326 e. The molecule has 1 saturated heterocycles. The molecule has 3 N–H and O–H groups in total. The van der Waals surface area contributed by atoms with E-state index in [1.807, 2.05) is 0 Å². The maximum Gasteiger partial charge on any atom is 0.0445 e. The Balaban J connectivity index is 1.66. The second-order valence-electron chi connectivity index (χ2n) is 8.12. The Hall–Kier alpha value is -0.720. The lowest BCUT2D eigenvalue weighted by molar-refractivity contribution is 0.0441. The molecule has 2 aliphatic rings. The molecule has 1 aliphatic carbocycles. The molecule has 3 nitrogen and oxygen atoms in total. The van der Waals surface area contributed by atoms with Crippen molar-refractivity contribution in [2.75, 3.05) is 19.6 Å². The molecule has 2 atom stereocenters. The Bertz CT molecular complexity index is 778. The van der Waals surface area contributed by atoms with E-state index in [2.05, 4.69) is 91.5 Å². The predicted octanol–water partition coefficient (Wildman–Crippen LogP) is 3.91. The van der Waals surface area contributed by atoms with Gasteiger partial charge in [-0.1, -0.05) is 56.1 Å². The summed E-state index contributed by atoms with van der Waals surface area (Å²) in [7, 11) is 0. The molecule has 2 aromatic carbocycles. The fourth-order valence-corrected chi connectivity index (χ4v) is 6.24. The van der Waals surface area contributed by atoms with Gasteiger partial charge in [-0.25, -0.2) is 0 Å². The first kappa shape index (κ1) is 19.6. The molecule has 4 rings (SSSR count). The second-order valence-corrected chi connectivity index (χ2v) is 9.95. The fourth-order valence-electron chi connectivity index (χ4n) is 4.85. The zero-order valence-corrected chi connectivity index (χ0v) is 18.9. The monoisotopic (exact) mass is 491 g/mol. The Kier molecular flexibility index (Phi) is 5.77. The highest BCUT2D eigenvalue weighted by molar-refractivity contribution is 9.11. The Morgan fingerprint density at radius 3 is 2.37 bits per heavy atom. The van der Waals surface area contributed by atoms with Gasteiger partial charge in [0.2, 0.25) is 0 Å². The van der Waals surface area contributed by atoms with Gasteiger partial charge in [-0.3, -0.25) is 4.90 Å². The number of nitrogens with one attached hydrogen (secondary N) is 1. The number of halogens is 2. The van der Waals surface area contributed by atoms with Gasteiger partial charge in [0.1, 0.15) is 0 Å². The molecule has 1 fully saturated rings. The minimum absolute atomic E-state index is 0.00512. The van der Waals surface area contributed by atoms with Crippen molar-refractivity contribution >= 4 is 31.9 Å². The van der Waals surface area contributed by atoms with Crippen molar-refractivity contribution in [1.29, 1.82) is 0 Å². The standard InChI is InChI=1S/C22H27Br2N3/c1-15-14-27(7-6-26-15)22(12-17-4-2-3-5-18(17)13-22)21(25)10-16-8-19(23)11-20(24)9-16/h2-5,8-9,11,15,21,26H,6-7,10,12-14,25H2,1H3. The Morgan fingerprint density at radius 1 is 1.15 bits per heavy atom. The summed E-state index contributed by atoms with van der Waals surface area (Å²) < 4.78 is 2.19. The minimum Gasteiger partial charge on any atom is -0.326 e. The molecule has 0 aromatic heterocycles. The molecule has 27 heavy (non-hydrogen) atoms. The first-order chi connectivity index (χ1) is 13.0. The van der Waals surface area contributed by atoms with E-state index in [9.17, 15) is 0 Å². The average Bonchev–Trinajstić information content (AvgIpc) is 3.02. The molecule has 0 spiro atoms. The smallest absolute Gasteiger partial charge is 0.0445 e. The van der Waals surface area contributed by atoms with Gasteiger partial charge in [-0.05, 0) is 61.1 Å². The van der Waals surface area contributed by atoms with Gasteiger partial charge in [-0.2, -0.15) is 0 Å². The lowest BCUT2D eigenvalue weighted by Gasteiger charge is -2.49. The number of benzene rings is 2. The molecule has 144 valence electrons. The van der Waals surface area contributed by atoms with E-state index in [0.29, 0.717) is 6.04 Å². The highest BCUT2D eigenvalue weighted by atomic mass is 79.9. The summed E-state index contributed by atoms with van der Waals surface area (Å²) in [6.07, 6.45) is 2.98. The Morgan fingerprint density at radius 2 is 1.78 bits per heavy atom. The third-order valence-corrected chi connectivity index (χ3v) is 7.09. The topological polar surface area (TPSA) is 41.3 Å². The minimum atomic E-state index is -0.00512. The summed E-state index contributed by atoms with van der Waals surface area (Å²) in [6, 6.07) is 15.9. The van der Waals surface area contributed by atoms with Gasteiger partial charge in [0.15, 0.2) is 0 Å². The van der Waals surface area contributed by atoms with Crippen LogP contribution in [0.25, 0.3) is 0 Å². The van der Waals surface area contributed by atoms with Crippen LogP contribution < -0.4 is 11.1 Å². The highest BCUT2D eigenvalue weighted by Crippen LogP contribution is 2.38. The zero-order valence-electron chi connectivity index (χ0n) is 15.7. The van der Waals surface area contributed by atoms with Crippen molar-refractivity contribution < 1.29 is 0 Å². The lowest BCUT2D eigenvalue weighted by atomic mass is 9.81. The number of nitrogens with zero attached hydrogens (tertiary/aromatic N) is 1. The van der Waals surface area contributed by atoms with Crippen molar-refractivity contribution in [3.05, 3.63) is 68.1 Å². The van der Waals surface area contributed by atoms with E-state index in [0.717, 1.165) is 47.8 Å². The van der Waals surface area contributed by atoms with Crippen LogP contribution in [0.1, 0.15) is 23.6 Å². The molecule has 2 unspecified atom stereocenters. The van der Waals surface area contributed by atoms with Crippen molar-refractivity contribution in [3.8, 4) is 0 Å². The number of hydrogen-bond donors (Lipinski definition) is 2. The quantitative estimate of drug-likeness (QED) is 0.679. The molecule has 1 aliphatic heterocycles. The molecular formula is C22H27Br2N3. The molecule has 0 radical (unpaired) electrons. The maximum absolute atomic E-state index is 7.01. The molecule has 5 heteroatoms. The first-order valence-corrected chi connectivity index (χ1v) is 11.3. The van der Waals surface area contributed by atoms with Crippen molar-refractivity contribution in [2.24, 2.45) is 5.73 Å². The molecular weight excluding hydrogens is 466 g/mol. The van der Waals surface area contributed by atoms with E-state index in [-0.39, 0.29) is 11.6 Å². The SMILES string of the molecule is CC1CN(C2(C(N)Cc3cc(Br)cc(Br)c3)Cc3ccccc3C2)CCN1. The van der Waals surface area contributed by atoms with Gasteiger partial charge < -0.3 is 11.1 Å². The highest BCUT2D eigenvalue weighted by Gasteiger charge is 2.47. The van der Waals surface area contributed by atoms with E-state index in [1.54, 1.807) is 0 Å². The third kappa shape index (κ3) is 4.03. The number of nitrogens with two attached hydrogens (primary N) is 1. The lowest BCUT2D eigenvalue weighted by Crippen LogP contribution is -2.66. The average molecular weight is 493 g/mol. The van der Waals surface area contributed by atoms with E-state index < -0.39 is 0 Å². The van der Waals surface area contributed by atoms with Crippen LogP contribution in [0.4, 0.5) is 0 Å².